The van der Waals surface area contributed by atoms with Gasteiger partial charge in [-0.1, -0.05) is 109 Å². The highest BCUT2D eigenvalue weighted by Gasteiger charge is 2.37. The van der Waals surface area contributed by atoms with E-state index in [1.807, 2.05) is 84.9 Å². The number of likely N-dealkylation sites (tertiary alicyclic amines) is 1. The molecule has 5 aromatic carbocycles. The van der Waals surface area contributed by atoms with E-state index in [9.17, 15) is 19.8 Å². The number of para-hydroxylation sites is 2. The van der Waals surface area contributed by atoms with Crippen LogP contribution in [0, 0.1) is 0 Å². The minimum Gasteiger partial charge on any atom is -0.397 e. The SMILES string of the molecule is Nc1ccccc1NC(=O)CCCC(=O)NCc1ccccc1-c1ccc(C2OC(CN3CCC(O)(c4ccc(Cl)cc4)CC3)CC(c3ccc(CO)cc3)O2)cc1. The molecule has 2 aliphatic rings. The average Bonchev–Trinajstić information content (AvgIpc) is 3.25. The number of nitrogen functional groups attached to an aromatic ring is 1. The van der Waals surface area contributed by atoms with Crippen LogP contribution >= 0.6 is 11.6 Å². The number of ether oxygens (including phenoxy) is 2. The Hall–Kier alpha value is -5.07. The minimum atomic E-state index is -0.887. The van der Waals surface area contributed by atoms with Crippen LogP contribution in [0.15, 0.2) is 121 Å². The van der Waals surface area contributed by atoms with Gasteiger partial charge in [0, 0.05) is 56.0 Å². The van der Waals surface area contributed by atoms with Crippen molar-refractivity contribution >= 4 is 34.8 Å². The summed E-state index contributed by atoms with van der Waals surface area (Å²) in [6.45, 7) is 2.50. The number of hydrogen-bond donors (Lipinski definition) is 5. The normalized spacial score (nSPS) is 19.3. The molecule has 3 atom stereocenters. The van der Waals surface area contributed by atoms with Gasteiger partial charge < -0.3 is 41.0 Å². The summed E-state index contributed by atoms with van der Waals surface area (Å²) in [5.74, 6) is -0.307. The molecule has 6 N–H and O–H groups in total. The van der Waals surface area contributed by atoms with Crippen LogP contribution in [-0.2, 0) is 37.8 Å². The number of rotatable bonds is 14. The van der Waals surface area contributed by atoms with E-state index in [0.717, 1.165) is 52.0 Å². The Labute approximate surface area is 344 Å². The fourth-order valence-corrected chi connectivity index (χ4v) is 7.89. The van der Waals surface area contributed by atoms with Crippen molar-refractivity contribution in [1.29, 1.82) is 0 Å². The molecule has 302 valence electrons. The molecular formula is C47H51ClN4O6. The third-order valence-electron chi connectivity index (χ3n) is 11.2. The highest BCUT2D eigenvalue weighted by atomic mass is 35.5. The van der Waals surface area contributed by atoms with Gasteiger partial charge in [0.15, 0.2) is 6.29 Å². The van der Waals surface area contributed by atoms with Crippen molar-refractivity contribution in [3.05, 3.63) is 154 Å². The van der Waals surface area contributed by atoms with Gasteiger partial charge in [-0.05, 0) is 76.9 Å². The lowest BCUT2D eigenvalue weighted by molar-refractivity contribution is -0.253. The fraction of sp³-hybridized carbons (Fsp3) is 0.319. The number of halogens is 1. The molecule has 2 amide bonds. The molecule has 2 heterocycles. The van der Waals surface area contributed by atoms with Crippen molar-refractivity contribution in [2.75, 3.05) is 30.7 Å². The van der Waals surface area contributed by atoms with Gasteiger partial charge in [-0.25, -0.2) is 0 Å². The molecule has 0 bridgehead atoms. The second-order valence-electron chi connectivity index (χ2n) is 15.2. The quantitative estimate of drug-likeness (QED) is 0.0710. The van der Waals surface area contributed by atoms with Gasteiger partial charge >= 0.3 is 0 Å². The van der Waals surface area contributed by atoms with Gasteiger partial charge in [0.05, 0.1) is 35.8 Å². The van der Waals surface area contributed by atoms with E-state index in [1.54, 1.807) is 24.3 Å². The van der Waals surface area contributed by atoms with Gasteiger partial charge in [-0.2, -0.15) is 0 Å². The van der Waals surface area contributed by atoms with E-state index in [4.69, 9.17) is 26.8 Å². The van der Waals surface area contributed by atoms with Crippen LogP contribution in [0.5, 0.6) is 0 Å². The van der Waals surface area contributed by atoms with Crippen molar-refractivity contribution in [3.63, 3.8) is 0 Å². The monoisotopic (exact) mass is 802 g/mol. The summed E-state index contributed by atoms with van der Waals surface area (Å²) in [5.41, 5.74) is 12.7. The largest absolute Gasteiger partial charge is 0.397 e. The number of aliphatic hydroxyl groups is 2. The van der Waals surface area contributed by atoms with Crippen molar-refractivity contribution in [2.45, 2.75) is 75.8 Å². The summed E-state index contributed by atoms with van der Waals surface area (Å²) in [6.07, 6.45) is 1.82. The third-order valence-corrected chi connectivity index (χ3v) is 11.4. The minimum absolute atomic E-state index is 0.0223. The predicted molar refractivity (Wildman–Crippen MR) is 227 cm³/mol. The second-order valence-corrected chi connectivity index (χ2v) is 15.7. The maximum absolute atomic E-state index is 12.8. The van der Waals surface area contributed by atoms with Crippen LogP contribution < -0.4 is 16.4 Å². The van der Waals surface area contributed by atoms with E-state index < -0.39 is 11.9 Å². The number of nitrogens with zero attached hydrogens (tertiary/aromatic N) is 1. The average molecular weight is 803 g/mol. The van der Waals surface area contributed by atoms with Gasteiger partial charge in [-0.3, -0.25) is 9.59 Å². The maximum atomic E-state index is 12.8. The van der Waals surface area contributed by atoms with E-state index in [2.05, 4.69) is 27.7 Å². The van der Waals surface area contributed by atoms with Crippen molar-refractivity contribution in [2.24, 2.45) is 0 Å². The lowest BCUT2D eigenvalue weighted by Crippen LogP contribution is -2.46. The van der Waals surface area contributed by atoms with Gasteiger partial charge in [0.1, 0.15) is 0 Å². The van der Waals surface area contributed by atoms with Crippen molar-refractivity contribution in [3.8, 4) is 11.1 Å². The number of nitrogens with one attached hydrogen (secondary N) is 2. The Kier molecular flexibility index (Phi) is 13.6. The van der Waals surface area contributed by atoms with E-state index in [0.29, 0.717) is 55.2 Å². The van der Waals surface area contributed by atoms with Crippen molar-refractivity contribution in [1.82, 2.24) is 10.2 Å². The van der Waals surface area contributed by atoms with Crippen LogP contribution in [-0.4, -0.2) is 52.7 Å². The van der Waals surface area contributed by atoms with E-state index >= 15 is 0 Å². The van der Waals surface area contributed by atoms with Crippen LogP contribution in [0.3, 0.4) is 0 Å². The zero-order chi connectivity index (χ0) is 40.5. The standard InChI is InChI=1S/C47H51ClN4O6/c48-38-22-20-37(21-23-38)47(56)24-26-52(27-25-47)30-39-28-43(34-14-12-32(31-53)13-15-34)58-46(57-39)35-18-16-33(17-19-35)40-7-2-1-6-36(40)29-50-44(54)10-5-11-45(55)51-42-9-4-3-8-41(42)49/h1-4,6-9,12-23,39,43,46,53,56H,5,10-11,24-31,49H2,(H,50,54)(H,51,55). The first-order valence-corrected chi connectivity index (χ1v) is 20.3. The number of hydrogen-bond acceptors (Lipinski definition) is 8. The van der Waals surface area contributed by atoms with Gasteiger partial charge in [-0.15, -0.1) is 0 Å². The first-order chi connectivity index (χ1) is 28.2. The smallest absolute Gasteiger partial charge is 0.224 e. The second kappa shape index (κ2) is 19.1. The molecule has 0 spiro atoms. The maximum Gasteiger partial charge on any atom is 0.224 e. The number of piperidine rings is 1. The lowest BCUT2D eigenvalue weighted by Gasteiger charge is -2.42. The van der Waals surface area contributed by atoms with Crippen molar-refractivity contribution < 1.29 is 29.3 Å². The fourth-order valence-electron chi connectivity index (χ4n) is 7.77. The molecule has 11 heteroatoms. The van der Waals surface area contributed by atoms with Crippen LogP contribution in [0.4, 0.5) is 11.4 Å². The number of anilines is 2. The highest BCUT2D eigenvalue weighted by Crippen LogP contribution is 2.40. The molecule has 0 saturated carbocycles. The van der Waals surface area contributed by atoms with E-state index in [1.165, 1.54) is 0 Å². The Morgan fingerprint density at radius 1 is 0.810 bits per heavy atom. The zero-order valence-electron chi connectivity index (χ0n) is 32.5. The number of amides is 2. The Bertz CT molecular complexity index is 2140. The molecule has 0 aliphatic carbocycles. The number of carbonyl (C=O) groups is 2. The lowest BCUT2D eigenvalue weighted by atomic mass is 9.84. The molecule has 2 saturated heterocycles. The molecule has 3 unspecified atom stereocenters. The van der Waals surface area contributed by atoms with Crippen LogP contribution in [0.25, 0.3) is 11.1 Å². The summed E-state index contributed by atoms with van der Waals surface area (Å²) in [4.78, 5) is 27.5. The van der Waals surface area contributed by atoms with Gasteiger partial charge in [0.25, 0.3) is 0 Å². The van der Waals surface area contributed by atoms with E-state index in [-0.39, 0.29) is 43.5 Å². The number of carbonyl (C=O) groups excluding carboxylic acids is 2. The number of benzene rings is 5. The number of nitrogens with two attached hydrogens (primary N) is 1. The molecule has 58 heavy (non-hydrogen) atoms. The van der Waals surface area contributed by atoms with Crippen LogP contribution in [0.2, 0.25) is 5.02 Å². The summed E-state index contributed by atoms with van der Waals surface area (Å²) < 4.78 is 13.3. The summed E-state index contributed by atoms with van der Waals surface area (Å²) in [7, 11) is 0. The summed E-state index contributed by atoms with van der Waals surface area (Å²) in [5, 5.41) is 27.6. The topological polar surface area (TPSA) is 146 Å². The zero-order valence-corrected chi connectivity index (χ0v) is 33.2. The number of aliphatic hydroxyl groups excluding tert-OH is 1. The Morgan fingerprint density at radius 3 is 2.21 bits per heavy atom. The first-order valence-electron chi connectivity index (χ1n) is 20.0. The molecule has 2 fully saturated rings. The molecule has 2 aliphatic heterocycles. The molecule has 0 aromatic heterocycles. The summed E-state index contributed by atoms with van der Waals surface area (Å²) >= 11 is 6.11. The van der Waals surface area contributed by atoms with Gasteiger partial charge in [0.2, 0.25) is 11.8 Å². The summed E-state index contributed by atoms with van der Waals surface area (Å²) in [6, 6.07) is 38.6. The molecule has 10 nitrogen and oxygen atoms in total. The molecule has 5 aromatic rings. The first kappa shape index (κ1) is 41.1. The predicted octanol–water partition coefficient (Wildman–Crippen LogP) is 8.04. The van der Waals surface area contributed by atoms with Crippen LogP contribution in [0.1, 0.15) is 78.7 Å². The Balaban J connectivity index is 0.974. The highest BCUT2D eigenvalue weighted by molar-refractivity contribution is 6.30. The third kappa shape index (κ3) is 10.5. The molecular weight excluding hydrogens is 752 g/mol. The Morgan fingerprint density at radius 2 is 1.48 bits per heavy atom. The molecule has 7 rings (SSSR count). The molecule has 0 radical (unpaired) electrons.